The molecule has 1 fully saturated rings. The zero-order chi connectivity index (χ0) is 13.9. The molecule has 0 bridgehead atoms. The number of nitriles is 1. The maximum Gasteiger partial charge on any atom is 0.246 e. The van der Waals surface area contributed by atoms with E-state index in [0.29, 0.717) is 6.54 Å². The number of nitrogens with zero attached hydrogens (tertiary/aromatic N) is 3. The lowest BCUT2D eigenvalue weighted by molar-refractivity contribution is 0.335. The van der Waals surface area contributed by atoms with E-state index in [9.17, 15) is 8.42 Å². The van der Waals surface area contributed by atoms with Crippen LogP contribution in [-0.2, 0) is 10.0 Å². The van der Waals surface area contributed by atoms with Crippen LogP contribution >= 0.6 is 0 Å². The Labute approximate surface area is 113 Å². The summed E-state index contributed by atoms with van der Waals surface area (Å²) < 4.78 is 26.8. The van der Waals surface area contributed by atoms with Crippen LogP contribution in [0.4, 0.5) is 0 Å². The minimum Gasteiger partial charge on any atom is -0.244 e. The van der Waals surface area contributed by atoms with Crippen LogP contribution in [0, 0.1) is 11.3 Å². The minimum atomic E-state index is -3.63. The van der Waals surface area contributed by atoms with Gasteiger partial charge in [-0.2, -0.15) is 9.57 Å². The lowest BCUT2D eigenvalue weighted by atomic mass is 10.2. The van der Waals surface area contributed by atoms with Crippen molar-refractivity contribution in [1.82, 2.24) is 9.29 Å². The molecule has 5 nitrogen and oxygen atoms in total. The van der Waals surface area contributed by atoms with Gasteiger partial charge in [0, 0.05) is 18.8 Å². The van der Waals surface area contributed by atoms with E-state index >= 15 is 0 Å². The molecule has 0 atom stereocenters. The van der Waals surface area contributed by atoms with Gasteiger partial charge in [-0.15, -0.1) is 0 Å². The molecule has 0 N–H and O–H groups in total. The number of sulfonamides is 1. The Hall–Kier alpha value is -1.45. The van der Waals surface area contributed by atoms with Gasteiger partial charge in [-0.3, -0.25) is 0 Å². The van der Waals surface area contributed by atoms with Crippen LogP contribution in [-0.4, -0.2) is 30.3 Å². The second-order valence-electron chi connectivity index (χ2n) is 4.61. The first kappa shape index (κ1) is 14.0. The maximum atomic E-state index is 12.7. The standard InChI is InChI=1S/C13H17N3O2S/c1-2-16(11-6-3-4-7-11)19(17,18)13-8-5-9-15-12(13)10-14/h5,8-9,11H,2-4,6-7H2,1H3. The third-order valence-corrected chi connectivity index (χ3v) is 5.57. The summed E-state index contributed by atoms with van der Waals surface area (Å²) in [6.07, 6.45) is 5.36. The van der Waals surface area contributed by atoms with Crippen molar-refractivity contribution in [3.05, 3.63) is 24.0 Å². The molecule has 19 heavy (non-hydrogen) atoms. The smallest absolute Gasteiger partial charge is 0.244 e. The summed E-state index contributed by atoms with van der Waals surface area (Å²) in [5.41, 5.74) is -0.0288. The lowest BCUT2D eigenvalue weighted by Crippen LogP contribution is -2.39. The molecule has 0 aromatic carbocycles. The van der Waals surface area contributed by atoms with Gasteiger partial charge in [0.1, 0.15) is 11.0 Å². The van der Waals surface area contributed by atoms with Gasteiger partial charge in [-0.1, -0.05) is 19.8 Å². The molecular formula is C13H17N3O2S. The van der Waals surface area contributed by atoms with Crippen molar-refractivity contribution in [2.45, 2.75) is 43.5 Å². The van der Waals surface area contributed by atoms with Crippen molar-refractivity contribution in [2.24, 2.45) is 0 Å². The maximum absolute atomic E-state index is 12.7. The Kier molecular flexibility index (Phi) is 4.17. The number of hydrogen-bond acceptors (Lipinski definition) is 4. The zero-order valence-corrected chi connectivity index (χ0v) is 11.7. The monoisotopic (exact) mass is 279 g/mol. The van der Waals surface area contributed by atoms with Crippen LogP contribution in [0.5, 0.6) is 0 Å². The number of aromatic nitrogens is 1. The van der Waals surface area contributed by atoms with Crippen LogP contribution in [0.15, 0.2) is 23.2 Å². The first-order valence-corrected chi connectivity index (χ1v) is 7.92. The summed E-state index contributed by atoms with van der Waals surface area (Å²) in [6.45, 7) is 2.26. The Balaban J connectivity index is 2.43. The van der Waals surface area contributed by atoms with Gasteiger partial charge in [0.05, 0.1) is 0 Å². The van der Waals surface area contributed by atoms with Gasteiger partial charge >= 0.3 is 0 Å². The van der Waals surface area contributed by atoms with E-state index in [0.717, 1.165) is 25.7 Å². The molecule has 6 heteroatoms. The van der Waals surface area contributed by atoms with Crippen molar-refractivity contribution >= 4 is 10.0 Å². The summed E-state index contributed by atoms with van der Waals surface area (Å²) >= 11 is 0. The molecule has 0 saturated heterocycles. The van der Waals surface area contributed by atoms with Crippen LogP contribution in [0.25, 0.3) is 0 Å². The summed E-state index contributed by atoms with van der Waals surface area (Å²) in [5.74, 6) is 0. The fraction of sp³-hybridized carbons (Fsp3) is 0.538. The molecule has 0 unspecified atom stereocenters. The molecule has 0 aliphatic heterocycles. The zero-order valence-electron chi connectivity index (χ0n) is 10.9. The van der Waals surface area contributed by atoms with Gasteiger partial charge in [0.15, 0.2) is 5.69 Å². The predicted octanol–water partition coefficient (Wildman–Crippen LogP) is 1.91. The quantitative estimate of drug-likeness (QED) is 0.843. The molecular weight excluding hydrogens is 262 g/mol. The van der Waals surface area contributed by atoms with Crippen molar-refractivity contribution in [2.75, 3.05) is 6.54 Å². The van der Waals surface area contributed by atoms with E-state index in [1.54, 1.807) is 6.07 Å². The molecule has 0 amide bonds. The largest absolute Gasteiger partial charge is 0.246 e. The van der Waals surface area contributed by atoms with Crippen LogP contribution in [0.3, 0.4) is 0 Å². The van der Waals surface area contributed by atoms with E-state index in [1.807, 2.05) is 13.0 Å². The molecule has 102 valence electrons. The number of pyridine rings is 1. The van der Waals surface area contributed by atoms with Crippen molar-refractivity contribution in [3.63, 3.8) is 0 Å². The molecule has 1 aliphatic rings. The van der Waals surface area contributed by atoms with Gasteiger partial charge < -0.3 is 0 Å². The molecule has 0 spiro atoms. The van der Waals surface area contributed by atoms with Crippen molar-refractivity contribution in [1.29, 1.82) is 5.26 Å². The third kappa shape index (κ3) is 2.62. The predicted molar refractivity (Wildman–Crippen MR) is 70.8 cm³/mol. The third-order valence-electron chi connectivity index (χ3n) is 3.51. The fourth-order valence-electron chi connectivity index (χ4n) is 2.63. The molecule has 1 heterocycles. The van der Waals surface area contributed by atoms with E-state index in [-0.39, 0.29) is 16.6 Å². The average molecular weight is 279 g/mol. The lowest BCUT2D eigenvalue weighted by Gasteiger charge is -2.26. The van der Waals surface area contributed by atoms with Crippen molar-refractivity contribution in [3.8, 4) is 6.07 Å². The highest BCUT2D eigenvalue weighted by atomic mass is 32.2. The second-order valence-corrected chi connectivity index (χ2v) is 6.47. The summed E-state index contributed by atoms with van der Waals surface area (Å²) in [7, 11) is -3.63. The van der Waals surface area contributed by atoms with Gasteiger partial charge in [0.25, 0.3) is 0 Å². The topological polar surface area (TPSA) is 74.1 Å². The highest BCUT2D eigenvalue weighted by Crippen LogP contribution is 2.29. The van der Waals surface area contributed by atoms with Gasteiger partial charge in [-0.25, -0.2) is 13.4 Å². The second kappa shape index (κ2) is 5.68. The van der Waals surface area contributed by atoms with Crippen LogP contribution in [0.2, 0.25) is 0 Å². The van der Waals surface area contributed by atoms with E-state index < -0.39 is 10.0 Å². The average Bonchev–Trinajstić information content (AvgIpc) is 2.93. The normalized spacial score (nSPS) is 16.7. The Morgan fingerprint density at radius 1 is 1.47 bits per heavy atom. The Bertz CT molecular complexity index is 586. The van der Waals surface area contributed by atoms with E-state index in [2.05, 4.69) is 4.98 Å². The van der Waals surface area contributed by atoms with Crippen molar-refractivity contribution < 1.29 is 8.42 Å². The molecule has 2 rings (SSSR count). The highest BCUT2D eigenvalue weighted by molar-refractivity contribution is 7.89. The Morgan fingerprint density at radius 2 is 2.16 bits per heavy atom. The summed E-state index contributed by atoms with van der Waals surface area (Å²) in [6, 6.07) is 4.92. The molecule has 1 aliphatic carbocycles. The van der Waals surface area contributed by atoms with E-state index in [1.165, 1.54) is 16.6 Å². The van der Waals surface area contributed by atoms with E-state index in [4.69, 9.17) is 5.26 Å². The molecule has 0 radical (unpaired) electrons. The van der Waals surface area contributed by atoms with Gasteiger partial charge in [0.2, 0.25) is 10.0 Å². The first-order chi connectivity index (χ1) is 9.11. The number of rotatable bonds is 4. The first-order valence-electron chi connectivity index (χ1n) is 6.48. The SMILES string of the molecule is CCN(C1CCCC1)S(=O)(=O)c1cccnc1C#N. The van der Waals surface area contributed by atoms with Crippen LogP contribution in [0.1, 0.15) is 38.3 Å². The fourth-order valence-corrected chi connectivity index (χ4v) is 4.41. The Morgan fingerprint density at radius 3 is 2.74 bits per heavy atom. The van der Waals surface area contributed by atoms with Crippen LogP contribution < -0.4 is 0 Å². The van der Waals surface area contributed by atoms with Gasteiger partial charge in [-0.05, 0) is 25.0 Å². The molecule has 1 aromatic rings. The summed E-state index contributed by atoms with van der Waals surface area (Å²) in [5, 5.41) is 9.01. The molecule has 1 saturated carbocycles. The highest BCUT2D eigenvalue weighted by Gasteiger charge is 2.33. The summed E-state index contributed by atoms with van der Waals surface area (Å²) in [4.78, 5) is 3.86. The molecule has 1 aromatic heterocycles. The number of hydrogen-bond donors (Lipinski definition) is 0. The minimum absolute atomic E-state index is 0.0197.